The molecule has 0 saturated carbocycles. The number of carbonyl (C=O) groups is 1. The van der Waals surface area contributed by atoms with Crippen molar-refractivity contribution in [2.24, 2.45) is 0 Å². The second-order valence-corrected chi connectivity index (χ2v) is 5.36. The summed E-state index contributed by atoms with van der Waals surface area (Å²) in [6.45, 7) is 5.33. The molecule has 0 aliphatic carbocycles. The number of benzene rings is 1. The first-order valence-corrected chi connectivity index (χ1v) is 7.09. The molecular formula is C15H23ClN2O2. The number of methoxy groups -OCH3 is 1. The van der Waals surface area contributed by atoms with Gasteiger partial charge in [0.25, 0.3) is 0 Å². The lowest BCUT2D eigenvalue weighted by Gasteiger charge is -2.23. The average Bonchev–Trinajstić information content (AvgIpc) is 2.42. The fraction of sp³-hybridized carbons (Fsp3) is 0.533. The van der Waals surface area contributed by atoms with Crippen LogP contribution in [0, 0.1) is 6.92 Å². The lowest BCUT2D eigenvalue weighted by Crippen LogP contribution is -2.40. The summed E-state index contributed by atoms with van der Waals surface area (Å²) < 4.78 is 5.01. The van der Waals surface area contributed by atoms with E-state index in [4.69, 9.17) is 16.3 Å². The molecule has 1 amide bonds. The molecule has 5 heteroatoms. The highest BCUT2D eigenvalue weighted by molar-refractivity contribution is 6.31. The molecule has 1 unspecified atom stereocenters. The summed E-state index contributed by atoms with van der Waals surface area (Å²) in [6, 6.07) is 5.32. The highest BCUT2D eigenvalue weighted by Crippen LogP contribution is 2.20. The molecule has 1 N–H and O–H groups in total. The van der Waals surface area contributed by atoms with Gasteiger partial charge in [-0.2, -0.15) is 0 Å². The van der Waals surface area contributed by atoms with Crippen molar-refractivity contribution in [2.45, 2.75) is 26.3 Å². The number of likely N-dealkylation sites (N-methyl/N-ethyl adjacent to an activating group) is 1. The van der Waals surface area contributed by atoms with Gasteiger partial charge in [0, 0.05) is 31.0 Å². The van der Waals surface area contributed by atoms with Gasteiger partial charge in [-0.05, 0) is 45.0 Å². The number of nitrogens with zero attached hydrogens (tertiary/aromatic N) is 1. The van der Waals surface area contributed by atoms with Crippen molar-refractivity contribution < 1.29 is 9.53 Å². The maximum atomic E-state index is 12.2. The van der Waals surface area contributed by atoms with E-state index in [9.17, 15) is 4.79 Å². The van der Waals surface area contributed by atoms with Crippen molar-refractivity contribution in [3.8, 4) is 0 Å². The Bertz CT molecular complexity index is 451. The molecule has 0 spiro atoms. The minimum absolute atomic E-state index is 0.0372. The van der Waals surface area contributed by atoms with Gasteiger partial charge in [0.1, 0.15) is 0 Å². The first-order valence-electron chi connectivity index (χ1n) is 6.72. The van der Waals surface area contributed by atoms with Crippen molar-refractivity contribution in [1.29, 1.82) is 0 Å². The topological polar surface area (TPSA) is 41.6 Å². The quantitative estimate of drug-likeness (QED) is 0.787. The molecule has 0 radical (unpaired) electrons. The third-order valence-electron chi connectivity index (χ3n) is 3.34. The first kappa shape index (κ1) is 17.0. The van der Waals surface area contributed by atoms with Crippen molar-refractivity contribution in [3.63, 3.8) is 0 Å². The summed E-state index contributed by atoms with van der Waals surface area (Å²) in [7, 11) is 3.61. The predicted molar refractivity (Wildman–Crippen MR) is 83.4 cm³/mol. The van der Waals surface area contributed by atoms with Crippen LogP contribution in [-0.4, -0.2) is 44.2 Å². The Kier molecular flexibility index (Phi) is 6.99. The van der Waals surface area contributed by atoms with E-state index in [0.717, 1.165) is 24.2 Å². The number of carbonyl (C=O) groups excluding carboxylic acids is 1. The van der Waals surface area contributed by atoms with Crippen LogP contribution < -0.4 is 5.32 Å². The van der Waals surface area contributed by atoms with Gasteiger partial charge in [0.15, 0.2) is 0 Å². The van der Waals surface area contributed by atoms with Crippen LogP contribution in [0.4, 0.5) is 5.69 Å². The molecule has 0 heterocycles. The average molecular weight is 299 g/mol. The summed E-state index contributed by atoms with van der Waals surface area (Å²) in [5.74, 6) is -0.0372. The summed E-state index contributed by atoms with van der Waals surface area (Å²) in [5.41, 5.74) is 1.72. The van der Waals surface area contributed by atoms with Crippen LogP contribution in [0.5, 0.6) is 0 Å². The molecule has 0 saturated heterocycles. The van der Waals surface area contributed by atoms with Gasteiger partial charge in [-0.3, -0.25) is 9.69 Å². The Morgan fingerprint density at radius 1 is 1.50 bits per heavy atom. The second-order valence-electron chi connectivity index (χ2n) is 4.96. The first-order chi connectivity index (χ1) is 9.45. The fourth-order valence-electron chi connectivity index (χ4n) is 1.77. The maximum absolute atomic E-state index is 12.2. The Morgan fingerprint density at radius 3 is 2.80 bits per heavy atom. The Balaban J connectivity index is 2.54. The van der Waals surface area contributed by atoms with E-state index >= 15 is 0 Å². The SMILES string of the molecule is COCCCN(C)C(C)C(=O)Nc1ccc(C)c(Cl)c1. The molecule has 0 aliphatic rings. The molecule has 0 aromatic heterocycles. The van der Waals surface area contributed by atoms with E-state index in [-0.39, 0.29) is 11.9 Å². The van der Waals surface area contributed by atoms with Gasteiger partial charge in [-0.25, -0.2) is 0 Å². The van der Waals surface area contributed by atoms with Crippen LogP contribution >= 0.6 is 11.6 Å². The molecular weight excluding hydrogens is 276 g/mol. The van der Waals surface area contributed by atoms with Gasteiger partial charge >= 0.3 is 0 Å². The van der Waals surface area contributed by atoms with Gasteiger partial charge in [-0.15, -0.1) is 0 Å². The fourth-order valence-corrected chi connectivity index (χ4v) is 1.95. The number of anilines is 1. The monoisotopic (exact) mass is 298 g/mol. The Morgan fingerprint density at radius 2 is 2.20 bits per heavy atom. The zero-order valence-electron chi connectivity index (χ0n) is 12.6. The van der Waals surface area contributed by atoms with Crippen LogP contribution in [0.25, 0.3) is 0 Å². The molecule has 1 aromatic carbocycles. The number of amides is 1. The molecule has 1 rings (SSSR count). The smallest absolute Gasteiger partial charge is 0.241 e. The molecule has 4 nitrogen and oxygen atoms in total. The van der Waals surface area contributed by atoms with E-state index in [1.54, 1.807) is 13.2 Å². The van der Waals surface area contributed by atoms with E-state index < -0.39 is 0 Å². The van der Waals surface area contributed by atoms with Crippen molar-refractivity contribution in [3.05, 3.63) is 28.8 Å². The normalized spacial score (nSPS) is 12.5. The molecule has 1 aromatic rings. The number of aryl methyl sites for hydroxylation is 1. The second kappa shape index (κ2) is 8.25. The summed E-state index contributed by atoms with van der Waals surface area (Å²) >= 11 is 6.05. The van der Waals surface area contributed by atoms with Gasteiger partial charge in [-0.1, -0.05) is 17.7 Å². The van der Waals surface area contributed by atoms with E-state index in [2.05, 4.69) is 5.32 Å². The molecule has 0 bridgehead atoms. The summed E-state index contributed by atoms with van der Waals surface area (Å²) in [4.78, 5) is 14.2. The molecule has 0 fully saturated rings. The van der Waals surface area contributed by atoms with Crippen LogP contribution in [0.15, 0.2) is 18.2 Å². The van der Waals surface area contributed by atoms with Crippen LogP contribution in [0.3, 0.4) is 0 Å². The van der Waals surface area contributed by atoms with E-state index in [1.807, 2.05) is 37.9 Å². The number of nitrogens with one attached hydrogen (secondary N) is 1. The maximum Gasteiger partial charge on any atom is 0.241 e. The zero-order chi connectivity index (χ0) is 15.1. The molecule has 1 atom stereocenters. The van der Waals surface area contributed by atoms with Gasteiger partial charge in [0.2, 0.25) is 5.91 Å². The number of halogens is 1. The highest BCUT2D eigenvalue weighted by atomic mass is 35.5. The molecule has 0 aliphatic heterocycles. The van der Waals surface area contributed by atoms with Crippen molar-refractivity contribution >= 4 is 23.2 Å². The molecule has 20 heavy (non-hydrogen) atoms. The predicted octanol–water partition coefficient (Wildman–Crippen LogP) is 2.94. The van der Waals surface area contributed by atoms with E-state index in [1.165, 1.54) is 0 Å². The van der Waals surface area contributed by atoms with Gasteiger partial charge < -0.3 is 10.1 Å². The van der Waals surface area contributed by atoms with Crippen LogP contribution in [0.2, 0.25) is 5.02 Å². The number of hydrogen-bond acceptors (Lipinski definition) is 3. The van der Waals surface area contributed by atoms with Crippen LogP contribution in [0.1, 0.15) is 18.9 Å². The van der Waals surface area contributed by atoms with E-state index in [0.29, 0.717) is 11.6 Å². The minimum atomic E-state index is -0.202. The Hall–Kier alpha value is -1.10. The highest BCUT2D eigenvalue weighted by Gasteiger charge is 2.17. The number of rotatable bonds is 7. The van der Waals surface area contributed by atoms with Crippen LogP contribution in [-0.2, 0) is 9.53 Å². The zero-order valence-corrected chi connectivity index (χ0v) is 13.3. The number of ether oxygens (including phenoxy) is 1. The third-order valence-corrected chi connectivity index (χ3v) is 3.75. The third kappa shape index (κ3) is 5.12. The standard InChI is InChI=1S/C15H23ClN2O2/c1-11-6-7-13(10-14(11)16)17-15(19)12(2)18(3)8-5-9-20-4/h6-7,10,12H,5,8-9H2,1-4H3,(H,17,19). The Labute approximate surface area is 126 Å². The molecule has 112 valence electrons. The number of hydrogen-bond donors (Lipinski definition) is 1. The largest absolute Gasteiger partial charge is 0.385 e. The van der Waals surface area contributed by atoms with Gasteiger partial charge in [0.05, 0.1) is 6.04 Å². The van der Waals surface area contributed by atoms with Crippen molar-refractivity contribution in [2.75, 3.05) is 32.6 Å². The summed E-state index contributed by atoms with van der Waals surface area (Å²) in [5, 5.41) is 3.54. The summed E-state index contributed by atoms with van der Waals surface area (Å²) in [6.07, 6.45) is 0.904. The van der Waals surface area contributed by atoms with Crippen molar-refractivity contribution in [1.82, 2.24) is 4.90 Å². The lowest BCUT2D eigenvalue weighted by atomic mass is 10.2. The minimum Gasteiger partial charge on any atom is -0.385 e. The lowest BCUT2D eigenvalue weighted by molar-refractivity contribution is -0.120.